The van der Waals surface area contributed by atoms with E-state index in [2.05, 4.69) is 13.8 Å². The number of ether oxygens (including phenoxy) is 3. The van der Waals surface area contributed by atoms with E-state index < -0.39 is 11.2 Å². The van der Waals surface area contributed by atoms with Crippen molar-refractivity contribution in [3.8, 4) is 0 Å². The summed E-state index contributed by atoms with van der Waals surface area (Å²) in [6.45, 7) is 4.72. The number of carbonyl (C=O) groups is 3. The highest BCUT2D eigenvalue weighted by Crippen LogP contribution is 2.78. The van der Waals surface area contributed by atoms with Crippen LogP contribution in [0.25, 0.3) is 0 Å². The Morgan fingerprint density at radius 3 is 2.73 bits per heavy atom. The summed E-state index contributed by atoms with van der Waals surface area (Å²) in [7, 11) is 1.45. The molecule has 2 heterocycles. The van der Waals surface area contributed by atoms with Gasteiger partial charge in [-0.25, -0.2) is 0 Å². The third-order valence-electron chi connectivity index (χ3n) is 10.2. The van der Waals surface area contributed by atoms with Gasteiger partial charge in [0.15, 0.2) is 11.6 Å². The Bertz CT molecular complexity index is 907. The predicted octanol–water partition coefficient (Wildman–Crippen LogP) is 2.78. The molecule has 30 heavy (non-hydrogen) atoms. The summed E-state index contributed by atoms with van der Waals surface area (Å²) in [5.41, 5.74) is -0.175. The van der Waals surface area contributed by atoms with Gasteiger partial charge in [0.2, 0.25) is 0 Å². The van der Waals surface area contributed by atoms with Crippen molar-refractivity contribution in [1.29, 1.82) is 0 Å². The Labute approximate surface area is 176 Å². The largest absolute Gasteiger partial charge is 0.469 e. The number of esters is 1. The molecule has 3 saturated carbocycles. The summed E-state index contributed by atoms with van der Waals surface area (Å²) in [5.74, 6) is 0.0772. The van der Waals surface area contributed by atoms with E-state index in [1.807, 2.05) is 0 Å². The number of ketones is 2. The second-order valence-corrected chi connectivity index (χ2v) is 11.0. The lowest BCUT2D eigenvalue weighted by molar-refractivity contribution is -0.163. The van der Waals surface area contributed by atoms with Crippen LogP contribution in [0.15, 0.2) is 11.6 Å². The van der Waals surface area contributed by atoms with E-state index in [-0.39, 0.29) is 58.8 Å². The molecule has 2 aliphatic heterocycles. The van der Waals surface area contributed by atoms with Gasteiger partial charge in [0.05, 0.1) is 24.7 Å². The minimum Gasteiger partial charge on any atom is -0.469 e. The van der Waals surface area contributed by atoms with E-state index >= 15 is 0 Å². The molecule has 8 atom stereocenters. The number of carbonyl (C=O) groups excluding carboxylic acids is 3. The average Bonchev–Trinajstić information content (AvgIpc) is 3.20. The summed E-state index contributed by atoms with van der Waals surface area (Å²) >= 11 is 0. The van der Waals surface area contributed by atoms with E-state index in [0.717, 1.165) is 31.3 Å². The van der Waals surface area contributed by atoms with Crippen molar-refractivity contribution in [3.05, 3.63) is 11.6 Å². The second-order valence-electron chi connectivity index (χ2n) is 11.0. The van der Waals surface area contributed by atoms with Crippen LogP contribution in [0.4, 0.5) is 0 Å². The molecule has 5 fully saturated rings. The lowest BCUT2D eigenvalue weighted by Gasteiger charge is -2.58. The van der Waals surface area contributed by atoms with Gasteiger partial charge in [0, 0.05) is 29.6 Å². The zero-order chi connectivity index (χ0) is 21.1. The zero-order valence-corrected chi connectivity index (χ0v) is 18.0. The summed E-state index contributed by atoms with van der Waals surface area (Å²) in [6, 6.07) is 0. The Kier molecular flexibility index (Phi) is 3.60. The number of Topliss-reactive ketones (excluding diaryl/α,β-unsaturated/α-hetero) is 1. The van der Waals surface area contributed by atoms with Gasteiger partial charge >= 0.3 is 5.97 Å². The molecule has 0 amide bonds. The number of rotatable bonds is 1. The minimum absolute atomic E-state index is 0.0303. The fraction of sp³-hybridized carbons (Fsp3) is 0.792. The first-order chi connectivity index (χ1) is 14.2. The summed E-state index contributed by atoms with van der Waals surface area (Å²) in [5, 5.41) is 0. The standard InChI is InChI=1S/C24H30O6/c1-21-6-4-14(25)8-13(21)9-16(20(27)28-3)19-17-5-7-23(10-15(26)12-29-23)22(17,2)11-18-24(19,21)30-18/h8,16-19H,4-7,9-12H2,1-3H3/t16-,17+,18+,19-,21+,22+,23-,24-/m1/s1. The van der Waals surface area contributed by atoms with Gasteiger partial charge in [-0.1, -0.05) is 19.4 Å². The molecule has 0 bridgehead atoms. The first-order valence-electron chi connectivity index (χ1n) is 11.4. The zero-order valence-electron chi connectivity index (χ0n) is 18.0. The van der Waals surface area contributed by atoms with Gasteiger partial charge in [-0.2, -0.15) is 0 Å². The molecule has 0 aromatic rings. The van der Waals surface area contributed by atoms with Crippen molar-refractivity contribution >= 4 is 17.5 Å². The van der Waals surface area contributed by atoms with Crippen molar-refractivity contribution in [1.82, 2.24) is 0 Å². The van der Waals surface area contributed by atoms with E-state index in [1.165, 1.54) is 7.11 Å². The molecule has 0 N–H and O–H groups in total. The van der Waals surface area contributed by atoms with Crippen molar-refractivity contribution in [2.75, 3.05) is 13.7 Å². The number of hydrogen-bond donors (Lipinski definition) is 0. The van der Waals surface area contributed by atoms with Crippen molar-refractivity contribution in [2.24, 2.45) is 28.6 Å². The van der Waals surface area contributed by atoms with Crippen molar-refractivity contribution in [3.63, 3.8) is 0 Å². The van der Waals surface area contributed by atoms with Gasteiger partial charge in [0.1, 0.15) is 12.2 Å². The maximum Gasteiger partial charge on any atom is 0.309 e. The molecule has 0 aromatic carbocycles. The molecule has 6 nitrogen and oxygen atoms in total. The molecule has 0 radical (unpaired) electrons. The summed E-state index contributed by atoms with van der Waals surface area (Å²) < 4.78 is 18.1. The van der Waals surface area contributed by atoms with Crippen LogP contribution < -0.4 is 0 Å². The van der Waals surface area contributed by atoms with Crippen LogP contribution in [0.5, 0.6) is 0 Å². The highest BCUT2D eigenvalue weighted by Gasteiger charge is 2.83. The summed E-state index contributed by atoms with van der Waals surface area (Å²) in [4.78, 5) is 37.5. The van der Waals surface area contributed by atoms with E-state index in [4.69, 9.17) is 14.2 Å². The minimum atomic E-state index is -0.424. The van der Waals surface area contributed by atoms with Crippen LogP contribution in [-0.2, 0) is 28.6 Å². The molecular weight excluding hydrogens is 384 g/mol. The lowest BCUT2D eigenvalue weighted by Crippen LogP contribution is -2.63. The molecule has 6 heteroatoms. The molecule has 4 aliphatic carbocycles. The first kappa shape index (κ1) is 19.2. The molecular formula is C24H30O6. The van der Waals surface area contributed by atoms with Crippen LogP contribution >= 0.6 is 0 Å². The smallest absolute Gasteiger partial charge is 0.309 e. The van der Waals surface area contributed by atoms with Crippen molar-refractivity contribution in [2.45, 2.75) is 76.1 Å². The Balaban J connectivity index is 1.49. The van der Waals surface area contributed by atoms with Crippen LogP contribution in [0, 0.1) is 28.6 Å². The Morgan fingerprint density at radius 2 is 2.03 bits per heavy atom. The SMILES string of the molecule is COC(=O)[C@@H]1CC2=CC(=O)CC[C@]2(C)[C@@]23O[C@H]2C[C@@]2(C)[C@@H](CC[C@@]24CC(=O)CO4)[C@@H]13. The number of fused-ring (bicyclic) bond motifs is 4. The fourth-order valence-corrected chi connectivity index (χ4v) is 8.65. The maximum atomic E-state index is 13.0. The quantitative estimate of drug-likeness (QED) is 0.485. The number of hydrogen-bond acceptors (Lipinski definition) is 6. The fourth-order valence-electron chi connectivity index (χ4n) is 8.65. The van der Waals surface area contributed by atoms with Crippen LogP contribution in [0.3, 0.4) is 0 Å². The van der Waals surface area contributed by atoms with Gasteiger partial charge in [-0.05, 0) is 44.1 Å². The molecule has 2 spiro atoms. The van der Waals surface area contributed by atoms with Crippen LogP contribution in [0.1, 0.15) is 58.8 Å². The average molecular weight is 414 g/mol. The highest BCUT2D eigenvalue weighted by molar-refractivity contribution is 5.92. The topological polar surface area (TPSA) is 82.2 Å². The lowest BCUT2D eigenvalue weighted by atomic mass is 9.43. The molecule has 0 unspecified atom stereocenters. The second kappa shape index (κ2) is 5.63. The third kappa shape index (κ3) is 1.97. The van der Waals surface area contributed by atoms with Gasteiger partial charge < -0.3 is 14.2 Å². The molecule has 2 saturated heterocycles. The predicted molar refractivity (Wildman–Crippen MR) is 105 cm³/mol. The highest BCUT2D eigenvalue weighted by atomic mass is 16.6. The van der Waals surface area contributed by atoms with Gasteiger partial charge in [-0.15, -0.1) is 0 Å². The first-order valence-corrected chi connectivity index (χ1v) is 11.4. The Morgan fingerprint density at radius 1 is 1.23 bits per heavy atom. The van der Waals surface area contributed by atoms with Crippen molar-refractivity contribution < 1.29 is 28.6 Å². The van der Waals surface area contributed by atoms with Gasteiger partial charge in [0.25, 0.3) is 0 Å². The third-order valence-corrected chi connectivity index (χ3v) is 10.2. The van der Waals surface area contributed by atoms with E-state index in [0.29, 0.717) is 19.3 Å². The molecule has 162 valence electrons. The van der Waals surface area contributed by atoms with E-state index in [9.17, 15) is 14.4 Å². The Hall–Kier alpha value is -1.53. The molecule has 0 aromatic heterocycles. The molecule has 6 rings (SSSR count). The number of methoxy groups -OCH3 is 1. The maximum absolute atomic E-state index is 13.0. The molecule has 6 aliphatic rings. The van der Waals surface area contributed by atoms with Crippen LogP contribution in [-0.4, -0.2) is 48.6 Å². The normalized spacial score (nSPS) is 53.5. The summed E-state index contributed by atoms with van der Waals surface area (Å²) in [6.07, 6.45) is 6.84. The van der Waals surface area contributed by atoms with E-state index in [1.54, 1.807) is 6.08 Å². The van der Waals surface area contributed by atoms with Crippen LogP contribution in [0.2, 0.25) is 0 Å². The number of epoxide rings is 1. The monoisotopic (exact) mass is 414 g/mol. The van der Waals surface area contributed by atoms with Gasteiger partial charge in [-0.3, -0.25) is 14.4 Å².